The molecule has 16 heavy (non-hydrogen) atoms. The number of unbranched alkanes of at least 4 members (excludes halogenated alkanes) is 2. The van der Waals surface area contributed by atoms with Gasteiger partial charge >= 0.3 is 0 Å². The van der Waals surface area contributed by atoms with Crippen molar-refractivity contribution in [1.82, 2.24) is 4.98 Å². The lowest BCUT2D eigenvalue weighted by atomic mass is 10.2. The molecular weight excluding hydrogens is 236 g/mol. The van der Waals surface area contributed by atoms with Crippen LogP contribution in [-0.2, 0) is 0 Å². The van der Waals surface area contributed by atoms with E-state index >= 15 is 0 Å². The first-order chi connectivity index (χ1) is 7.79. The van der Waals surface area contributed by atoms with Crippen LogP contribution in [0.1, 0.15) is 26.2 Å². The Bertz CT molecular complexity index is 513. The van der Waals surface area contributed by atoms with Crippen molar-refractivity contribution in [1.29, 1.82) is 0 Å². The van der Waals surface area contributed by atoms with Crippen LogP contribution in [-0.4, -0.2) is 11.5 Å². The van der Waals surface area contributed by atoms with E-state index in [1.165, 1.54) is 29.6 Å². The highest BCUT2D eigenvalue weighted by Gasteiger charge is 1.98. The van der Waals surface area contributed by atoms with Crippen LogP contribution >= 0.6 is 23.6 Å². The minimum absolute atomic E-state index is 0.845. The fourth-order valence-electron chi connectivity index (χ4n) is 1.67. The molecule has 0 aliphatic carbocycles. The second-order valence-electron chi connectivity index (χ2n) is 3.86. The van der Waals surface area contributed by atoms with E-state index in [-0.39, 0.29) is 0 Å². The molecule has 0 aliphatic heterocycles. The molecule has 0 aliphatic rings. The maximum atomic E-state index is 5.12. The molecule has 1 heterocycles. The molecule has 0 atom stereocenters. The van der Waals surface area contributed by atoms with E-state index < -0.39 is 0 Å². The number of aromatic amines is 1. The zero-order chi connectivity index (χ0) is 11.4. The van der Waals surface area contributed by atoms with Crippen molar-refractivity contribution in [2.45, 2.75) is 26.2 Å². The van der Waals surface area contributed by atoms with Gasteiger partial charge in [0.2, 0.25) is 0 Å². The Kier molecular flexibility index (Phi) is 3.96. The van der Waals surface area contributed by atoms with Crippen LogP contribution in [0.5, 0.6) is 0 Å². The molecule has 0 radical (unpaired) electrons. The molecule has 86 valence electrons. The zero-order valence-corrected chi connectivity index (χ0v) is 11.0. The normalized spacial score (nSPS) is 10.8. The first kappa shape index (κ1) is 11.6. The minimum atomic E-state index is 0.845. The van der Waals surface area contributed by atoms with Gasteiger partial charge in [0.15, 0.2) is 3.95 Å². The molecule has 0 amide bonds. The number of nitrogens with one attached hydrogen (secondary N) is 2. The van der Waals surface area contributed by atoms with Gasteiger partial charge in [-0.25, -0.2) is 0 Å². The number of rotatable bonds is 5. The summed E-state index contributed by atoms with van der Waals surface area (Å²) in [6.45, 7) is 3.27. The van der Waals surface area contributed by atoms with Crippen LogP contribution in [0.25, 0.3) is 10.2 Å². The van der Waals surface area contributed by atoms with Gasteiger partial charge in [-0.05, 0) is 36.8 Å². The fraction of sp³-hybridized carbons (Fsp3) is 0.417. The number of fused-ring (bicyclic) bond motifs is 1. The van der Waals surface area contributed by atoms with Crippen molar-refractivity contribution in [3.05, 3.63) is 22.2 Å². The highest BCUT2D eigenvalue weighted by Crippen LogP contribution is 2.22. The molecule has 0 unspecified atom stereocenters. The summed E-state index contributed by atoms with van der Waals surface area (Å²) in [5.74, 6) is 0. The van der Waals surface area contributed by atoms with Gasteiger partial charge in [-0.3, -0.25) is 0 Å². The van der Waals surface area contributed by atoms with E-state index in [0.717, 1.165) is 16.0 Å². The molecule has 0 saturated carbocycles. The Hall–Kier alpha value is -0.870. The van der Waals surface area contributed by atoms with Gasteiger partial charge in [-0.15, -0.1) is 11.3 Å². The molecule has 2 aromatic rings. The van der Waals surface area contributed by atoms with E-state index in [9.17, 15) is 0 Å². The number of H-pyrrole nitrogens is 1. The number of anilines is 1. The predicted octanol–water partition coefficient (Wildman–Crippen LogP) is 4.56. The summed E-state index contributed by atoms with van der Waals surface area (Å²) >= 11 is 6.75. The highest BCUT2D eigenvalue weighted by atomic mass is 32.1. The Morgan fingerprint density at radius 2 is 2.25 bits per heavy atom. The largest absolute Gasteiger partial charge is 0.385 e. The molecule has 4 heteroatoms. The number of aromatic nitrogens is 1. The summed E-state index contributed by atoms with van der Waals surface area (Å²) in [5.41, 5.74) is 2.31. The van der Waals surface area contributed by atoms with Crippen molar-refractivity contribution >= 4 is 39.5 Å². The lowest BCUT2D eigenvalue weighted by Crippen LogP contribution is -2.00. The monoisotopic (exact) mass is 252 g/mol. The maximum absolute atomic E-state index is 5.12. The van der Waals surface area contributed by atoms with Crippen LogP contribution in [0.3, 0.4) is 0 Å². The third kappa shape index (κ3) is 2.83. The third-order valence-electron chi connectivity index (χ3n) is 2.53. The van der Waals surface area contributed by atoms with Crippen LogP contribution in [0.4, 0.5) is 5.69 Å². The molecule has 2 rings (SSSR count). The van der Waals surface area contributed by atoms with Crippen molar-refractivity contribution in [3.8, 4) is 0 Å². The first-order valence-electron chi connectivity index (χ1n) is 5.66. The summed E-state index contributed by atoms with van der Waals surface area (Å²) in [7, 11) is 0. The Balaban J connectivity index is 2.04. The van der Waals surface area contributed by atoms with Gasteiger partial charge in [0.25, 0.3) is 0 Å². The van der Waals surface area contributed by atoms with Gasteiger partial charge in [-0.1, -0.05) is 19.8 Å². The van der Waals surface area contributed by atoms with Crippen LogP contribution in [0, 0.1) is 3.95 Å². The Labute approximate surface area is 105 Å². The van der Waals surface area contributed by atoms with Crippen molar-refractivity contribution in [2.24, 2.45) is 0 Å². The van der Waals surface area contributed by atoms with Crippen LogP contribution in [0.15, 0.2) is 18.2 Å². The van der Waals surface area contributed by atoms with Gasteiger partial charge in [-0.2, -0.15) is 0 Å². The molecule has 2 N–H and O–H groups in total. The molecule has 0 spiro atoms. The minimum Gasteiger partial charge on any atom is -0.385 e. The number of benzene rings is 1. The van der Waals surface area contributed by atoms with E-state index in [0.29, 0.717) is 0 Å². The highest BCUT2D eigenvalue weighted by molar-refractivity contribution is 7.73. The van der Waals surface area contributed by atoms with E-state index in [2.05, 4.69) is 35.4 Å². The molecular formula is C12H16N2S2. The topological polar surface area (TPSA) is 27.8 Å². The summed E-state index contributed by atoms with van der Waals surface area (Å²) in [6, 6.07) is 6.37. The Morgan fingerprint density at radius 1 is 1.38 bits per heavy atom. The smallest absolute Gasteiger partial charge is 0.159 e. The van der Waals surface area contributed by atoms with E-state index in [1.54, 1.807) is 11.3 Å². The fourth-order valence-corrected chi connectivity index (χ4v) is 2.77. The second kappa shape index (κ2) is 5.46. The van der Waals surface area contributed by atoms with Gasteiger partial charge in [0.05, 0.1) is 10.2 Å². The zero-order valence-electron chi connectivity index (χ0n) is 9.38. The van der Waals surface area contributed by atoms with Crippen molar-refractivity contribution in [3.63, 3.8) is 0 Å². The van der Waals surface area contributed by atoms with Crippen LogP contribution < -0.4 is 5.32 Å². The standard InChI is InChI=1S/C12H16N2S2/c1-2-3-4-7-13-9-5-6-11-10(8-9)14-12(15)16-11/h5-6,8,13H,2-4,7H2,1H3,(H,14,15). The average Bonchev–Trinajstić information content (AvgIpc) is 2.64. The number of thiazole rings is 1. The molecule has 2 nitrogen and oxygen atoms in total. The average molecular weight is 252 g/mol. The van der Waals surface area contributed by atoms with E-state index in [4.69, 9.17) is 12.2 Å². The summed E-state index contributed by atoms with van der Waals surface area (Å²) in [4.78, 5) is 3.19. The van der Waals surface area contributed by atoms with Gasteiger partial charge in [0, 0.05) is 12.2 Å². The molecule has 0 bridgehead atoms. The molecule has 0 saturated heterocycles. The summed E-state index contributed by atoms with van der Waals surface area (Å²) < 4.78 is 2.07. The predicted molar refractivity (Wildman–Crippen MR) is 75.0 cm³/mol. The van der Waals surface area contributed by atoms with Gasteiger partial charge < -0.3 is 10.3 Å². The summed E-state index contributed by atoms with van der Waals surface area (Å²) in [6.07, 6.45) is 3.78. The maximum Gasteiger partial charge on any atom is 0.159 e. The lowest BCUT2D eigenvalue weighted by Gasteiger charge is -2.05. The number of hydrogen-bond acceptors (Lipinski definition) is 3. The third-order valence-corrected chi connectivity index (χ3v) is 3.74. The quantitative estimate of drug-likeness (QED) is 0.603. The first-order valence-corrected chi connectivity index (χ1v) is 6.89. The van der Waals surface area contributed by atoms with Crippen LogP contribution in [0.2, 0.25) is 0 Å². The van der Waals surface area contributed by atoms with Crippen molar-refractivity contribution < 1.29 is 0 Å². The molecule has 1 aromatic carbocycles. The second-order valence-corrected chi connectivity index (χ2v) is 5.58. The van der Waals surface area contributed by atoms with Gasteiger partial charge in [0.1, 0.15) is 0 Å². The molecule has 1 aromatic heterocycles. The van der Waals surface area contributed by atoms with Crippen molar-refractivity contribution in [2.75, 3.05) is 11.9 Å². The van der Waals surface area contributed by atoms with E-state index in [1.807, 2.05) is 0 Å². The lowest BCUT2D eigenvalue weighted by molar-refractivity contribution is 0.744. The molecule has 0 fully saturated rings. The number of hydrogen-bond donors (Lipinski definition) is 2. The SMILES string of the molecule is CCCCCNc1ccc2sc(=S)[nH]c2c1. The summed E-state index contributed by atoms with van der Waals surface area (Å²) in [5, 5.41) is 3.43. The Morgan fingerprint density at radius 3 is 3.06 bits per heavy atom.